The maximum atomic E-state index is 5.42. The number of hydrogen-bond acceptors (Lipinski definition) is 1. The van der Waals surface area contributed by atoms with Gasteiger partial charge < -0.3 is 4.57 Å². The van der Waals surface area contributed by atoms with Crippen LogP contribution in [-0.2, 0) is 0 Å². The molecular weight excluding hydrogens is 683 g/mol. The molecule has 0 unspecified atom stereocenters. The van der Waals surface area contributed by atoms with E-state index in [0.29, 0.717) is 0 Å². The molecule has 0 radical (unpaired) electrons. The van der Waals surface area contributed by atoms with Gasteiger partial charge in [0.1, 0.15) is 5.52 Å². The number of hydrogen-bond donors (Lipinski definition) is 0. The molecule has 0 aliphatic rings. The van der Waals surface area contributed by atoms with Crippen molar-refractivity contribution in [2.24, 2.45) is 0 Å². The second-order valence-corrected chi connectivity index (χ2v) is 14.5. The van der Waals surface area contributed by atoms with Gasteiger partial charge in [-0.3, -0.25) is 13.5 Å². The summed E-state index contributed by atoms with van der Waals surface area (Å²) in [7, 11) is 0. The lowest BCUT2D eigenvalue weighted by atomic mass is 10.0. The van der Waals surface area contributed by atoms with Gasteiger partial charge in [0.05, 0.1) is 27.6 Å². The molecule has 0 aliphatic carbocycles. The molecule has 4 aromatic heterocycles. The van der Waals surface area contributed by atoms with E-state index in [1.165, 1.54) is 38.3 Å². The van der Waals surface area contributed by atoms with E-state index in [4.69, 9.17) is 4.98 Å². The molecule has 0 N–H and O–H groups in total. The summed E-state index contributed by atoms with van der Waals surface area (Å²) in [4.78, 5) is 5.42. The van der Waals surface area contributed by atoms with Gasteiger partial charge in [-0.05, 0) is 95.1 Å². The van der Waals surface area contributed by atoms with Crippen LogP contribution in [0.15, 0.2) is 200 Å². The van der Waals surface area contributed by atoms with Crippen LogP contribution >= 0.6 is 0 Å². The van der Waals surface area contributed by atoms with Crippen LogP contribution in [0.5, 0.6) is 0 Å². The molecule has 12 aromatic rings. The van der Waals surface area contributed by atoms with Crippen molar-refractivity contribution in [3.8, 4) is 39.3 Å². The average Bonchev–Trinajstić information content (AvgIpc) is 3.99. The summed E-state index contributed by atoms with van der Waals surface area (Å²) < 4.78 is 9.43. The molecule has 8 aromatic carbocycles. The molecule has 0 fully saturated rings. The van der Waals surface area contributed by atoms with Gasteiger partial charge in [0.25, 0.3) is 0 Å². The van der Waals surface area contributed by atoms with E-state index >= 15 is 0 Å². The van der Waals surface area contributed by atoms with Crippen LogP contribution in [0.2, 0.25) is 0 Å². The first kappa shape index (κ1) is 30.8. The van der Waals surface area contributed by atoms with E-state index < -0.39 is 0 Å². The number of aromatic nitrogens is 5. The number of imidazole rings is 2. The van der Waals surface area contributed by atoms with Crippen LogP contribution in [0.3, 0.4) is 0 Å². The van der Waals surface area contributed by atoms with E-state index in [1.54, 1.807) is 0 Å². The largest absolute Gasteiger partial charge is 0.309 e. The lowest BCUT2D eigenvalue weighted by Crippen LogP contribution is -1.97. The van der Waals surface area contributed by atoms with Crippen molar-refractivity contribution < 1.29 is 0 Å². The molecule has 4 heterocycles. The van der Waals surface area contributed by atoms with E-state index in [1.807, 2.05) is 0 Å². The van der Waals surface area contributed by atoms with Crippen LogP contribution in [0.25, 0.3) is 100.0 Å². The van der Waals surface area contributed by atoms with Gasteiger partial charge in [0.15, 0.2) is 5.65 Å². The van der Waals surface area contributed by atoms with Crippen molar-refractivity contribution in [1.29, 1.82) is 0 Å². The summed E-state index contributed by atoms with van der Waals surface area (Å²) in [6.07, 6.45) is 0. The molecule has 5 heteroatoms. The van der Waals surface area contributed by atoms with Crippen LogP contribution in [0.1, 0.15) is 0 Å². The number of benzene rings is 8. The Morgan fingerprint density at radius 2 is 0.821 bits per heavy atom. The lowest BCUT2D eigenvalue weighted by Gasteiger charge is -2.10. The van der Waals surface area contributed by atoms with Crippen molar-refractivity contribution in [1.82, 2.24) is 23.1 Å². The Balaban J connectivity index is 1.05. The van der Waals surface area contributed by atoms with Crippen molar-refractivity contribution in [3.05, 3.63) is 200 Å². The predicted molar refractivity (Wildman–Crippen MR) is 232 cm³/mol. The first-order valence-electron chi connectivity index (χ1n) is 19.1. The molecule has 12 rings (SSSR count). The molecule has 262 valence electrons. The Morgan fingerprint density at radius 3 is 1.54 bits per heavy atom. The Hall–Kier alpha value is -7.63. The monoisotopic (exact) mass is 715 g/mol. The van der Waals surface area contributed by atoms with Crippen LogP contribution in [0, 0.1) is 0 Å². The van der Waals surface area contributed by atoms with Crippen molar-refractivity contribution in [2.45, 2.75) is 0 Å². The van der Waals surface area contributed by atoms with Crippen molar-refractivity contribution >= 4 is 60.7 Å². The minimum atomic E-state index is 0.889. The third kappa shape index (κ3) is 4.46. The summed E-state index contributed by atoms with van der Waals surface area (Å²) in [5, 5.41) is 3.65. The van der Waals surface area contributed by atoms with Gasteiger partial charge in [0, 0.05) is 33.2 Å². The fraction of sp³-hybridized carbons (Fsp3) is 0. The zero-order valence-corrected chi connectivity index (χ0v) is 30.3. The molecule has 0 atom stereocenters. The Bertz CT molecular complexity index is 3440. The smallest absolute Gasteiger partial charge is 0.221 e. The van der Waals surface area contributed by atoms with Crippen LogP contribution in [0.4, 0.5) is 0 Å². The highest BCUT2D eigenvalue weighted by molar-refractivity contribution is 6.12. The second kappa shape index (κ2) is 11.9. The highest BCUT2D eigenvalue weighted by Crippen LogP contribution is 2.40. The number of nitrogens with zero attached hydrogens (tertiary/aromatic N) is 5. The highest BCUT2D eigenvalue weighted by Gasteiger charge is 2.25. The minimum absolute atomic E-state index is 0.889. The summed E-state index contributed by atoms with van der Waals surface area (Å²) in [5.41, 5.74) is 15.9. The molecule has 0 saturated heterocycles. The zero-order chi connectivity index (χ0) is 36.7. The van der Waals surface area contributed by atoms with E-state index in [-0.39, 0.29) is 0 Å². The molecule has 0 aliphatic heterocycles. The van der Waals surface area contributed by atoms with Crippen molar-refractivity contribution in [2.75, 3.05) is 0 Å². The van der Waals surface area contributed by atoms with Gasteiger partial charge in [-0.1, -0.05) is 127 Å². The van der Waals surface area contributed by atoms with E-state index in [9.17, 15) is 0 Å². The number of para-hydroxylation sites is 4. The lowest BCUT2D eigenvalue weighted by molar-refractivity contribution is 1.09. The van der Waals surface area contributed by atoms with Gasteiger partial charge in [-0.15, -0.1) is 0 Å². The normalized spacial score (nSPS) is 11.9. The maximum Gasteiger partial charge on any atom is 0.221 e. The zero-order valence-electron chi connectivity index (χ0n) is 30.3. The summed E-state index contributed by atoms with van der Waals surface area (Å²) in [6.45, 7) is 0. The fourth-order valence-electron chi connectivity index (χ4n) is 8.87. The molecule has 0 bridgehead atoms. The Kier molecular flexibility index (Phi) is 6.56. The van der Waals surface area contributed by atoms with Gasteiger partial charge in [0.2, 0.25) is 5.78 Å². The Morgan fingerprint density at radius 1 is 0.321 bits per heavy atom. The molecular formula is C51H33N5. The SMILES string of the molecule is c1ccc(-c2ccc(-n3c4ccccc4c4cc(-c5ccc6c(c5)nc5n(-c7ccccc7)c7c8ccccc8n(-c8ccccc8)c7n65)ccc43)cc2)cc1. The molecule has 5 nitrogen and oxygen atoms in total. The number of fused-ring (bicyclic) bond motifs is 10. The summed E-state index contributed by atoms with van der Waals surface area (Å²) >= 11 is 0. The third-order valence-electron chi connectivity index (χ3n) is 11.4. The quantitative estimate of drug-likeness (QED) is 0.175. The average molecular weight is 716 g/mol. The molecule has 0 saturated carbocycles. The number of rotatable bonds is 5. The van der Waals surface area contributed by atoms with Crippen LogP contribution < -0.4 is 0 Å². The topological polar surface area (TPSA) is 32.1 Å². The Labute approximate surface area is 322 Å². The molecule has 0 amide bonds. The highest BCUT2D eigenvalue weighted by atomic mass is 15.3. The second-order valence-electron chi connectivity index (χ2n) is 14.5. The predicted octanol–water partition coefficient (Wildman–Crippen LogP) is 12.8. The molecule has 56 heavy (non-hydrogen) atoms. The van der Waals surface area contributed by atoms with Gasteiger partial charge in [-0.25, -0.2) is 4.98 Å². The van der Waals surface area contributed by atoms with Crippen LogP contribution in [-0.4, -0.2) is 23.1 Å². The first-order chi connectivity index (χ1) is 27.8. The summed E-state index contributed by atoms with van der Waals surface area (Å²) in [5.74, 6) is 0.889. The van der Waals surface area contributed by atoms with Crippen molar-refractivity contribution in [3.63, 3.8) is 0 Å². The molecule has 0 spiro atoms. The van der Waals surface area contributed by atoms with Gasteiger partial charge in [-0.2, -0.15) is 0 Å². The minimum Gasteiger partial charge on any atom is -0.309 e. The first-order valence-corrected chi connectivity index (χ1v) is 19.1. The third-order valence-corrected chi connectivity index (χ3v) is 11.4. The maximum absolute atomic E-state index is 5.42. The van der Waals surface area contributed by atoms with E-state index in [0.717, 1.165) is 61.7 Å². The van der Waals surface area contributed by atoms with Gasteiger partial charge >= 0.3 is 0 Å². The summed E-state index contributed by atoms with van der Waals surface area (Å²) in [6, 6.07) is 71.8. The standard InChI is InChI=1S/C51H33N5/c1-4-14-34(15-5-1)35-24-28-40(29-25-35)53-45-22-12-10-20-41(45)43-32-36(26-30-47(43)53)37-27-31-48-44(33-37)52-51-55(39-18-8-3-9-19-39)49-42-21-11-13-23-46(42)54(50(49)56(48)51)38-16-6-2-7-17-38/h1-33H. The fourth-order valence-corrected chi connectivity index (χ4v) is 8.87. The van der Waals surface area contributed by atoms with E-state index in [2.05, 4.69) is 218 Å².